The van der Waals surface area contributed by atoms with E-state index in [4.69, 9.17) is 5.73 Å². The van der Waals surface area contributed by atoms with Crippen LogP contribution in [-0.4, -0.2) is 28.3 Å². The number of rotatable bonds is 6. The second-order valence-corrected chi connectivity index (χ2v) is 7.57. The van der Waals surface area contributed by atoms with Crippen LogP contribution in [0.4, 0.5) is 10.8 Å². The van der Waals surface area contributed by atoms with Gasteiger partial charge in [0.1, 0.15) is 0 Å². The molecule has 0 fully saturated rings. The molecule has 0 aliphatic heterocycles. The molecular formula is C23H19N5O2S. The van der Waals surface area contributed by atoms with Gasteiger partial charge in [-0.3, -0.25) is 14.6 Å². The summed E-state index contributed by atoms with van der Waals surface area (Å²) < 4.78 is 0. The molecule has 154 valence electrons. The van der Waals surface area contributed by atoms with Gasteiger partial charge in [0.2, 0.25) is 5.91 Å². The monoisotopic (exact) mass is 429 g/mol. The minimum atomic E-state index is -0.352. The Kier molecular flexibility index (Phi) is 6.00. The van der Waals surface area contributed by atoms with Gasteiger partial charge in [0.25, 0.3) is 5.91 Å². The van der Waals surface area contributed by atoms with E-state index >= 15 is 0 Å². The van der Waals surface area contributed by atoms with Gasteiger partial charge in [-0.15, -0.1) is 11.3 Å². The summed E-state index contributed by atoms with van der Waals surface area (Å²) in [7, 11) is 0. The van der Waals surface area contributed by atoms with E-state index in [0.717, 1.165) is 22.4 Å². The third-order valence-corrected chi connectivity index (χ3v) is 5.26. The number of nitrogens with two attached hydrogens (primary N) is 1. The number of pyridine rings is 1. The maximum atomic E-state index is 12.2. The van der Waals surface area contributed by atoms with Crippen molar-refractivity contribution in [1.29, 1.82) is 0 Å². The number of thiazole rings is 1. The molecule has 0 saturated heterocycles. The Bertz CT molecular complexity index is 1210. The van der Waals surface area contributed by atoms with Crippen LogP contribution in [0.25, 0.3) is 22.4 Å². The molecule has 0 aliphatic rings. The Balaban J connectivity index is 1.37. The Labute approximate surface area is 183 Å². The first kappa shape index (κ1) is 20.2. The van der Waals surface area contributed by atoms with Gasteiger partial charge in [-0.25, -0.2) is 4.98 Å². The highest BCUT2D eigenvalue weighted by Gasteiger charge is 2.11. The van der Waals surface area contributed by atoms with Gasteiger partial charge < -0.3 is 16.4 Å². The number of aromatic nitrogens is 2. The summed E-state index contributed by atoms with van der Waals surface area (Å²) in [6.45, 7) is -0.157. The third-order valence-electron chi connectivity index (χ3n) is 4.50. The zero-order valence-corrected chi connectivity index (χ0v) is 17.2. The lowest BCUT2D eigenvalue weighted by molar-refractivity contribution is -0.115. The predicted octanol–water partition coefficient (Wildman–Crippen LogP) is 3.82. The molecule has 2 aromatic heterocycles. The summed E-state index contributed by atoms with van der Waals surface area (Å²) >= 11 is 1.33. The predicted molar refractivity (Wildman–Crippen MR) is 123 cm³/mol. The molecule has 4 rings (SSSR count). The van der Waals surface area contributed by atoms with Gasteiger partial charge in [0.05, 0.1) is 12.2 Å². The summed E-state index contributed by atoms with van der Waals surface area (Å²) in [4.78, 5) is 32.8. The highest BCUT2D eigenvalue weighted by Crippen LogP contribution is 2.28. The van der Waals surface area contributed by atoms with E-state index in [1.54, 1.807) is 36.7 Å². The molecule has 0 spiro atoms. The van der Waals surface area contributed by atoms with Gasteiger partial charge in [-0.05, 0) is 53.6 Å². The van der Waals surface area contributed by atoms with E-state index in [-0.39, 0.29) is 18.4 Å². The third kappa shape index (κ3) is 5.12. The first-order chi connectivity index (χ1) is 15.1. The Hall–Kier alpha value is -4.04. The van der Waals surface area contributed by atoms with Crippen LogP contribution in [-0.2, 0) is 4.79 Å². The first-order valence-corrected chi connectivity index (χ1v) is 10.4. The molecule has 31 heavy (non-hydrogen) atoms. The van der Waals surface area contributed by atoms with Crippen LogP contribution < -0.4 is 16.4 Å². The van der Waals surface area contributed by atoms with Crippen molar-refractivity contribution in [3.05, 3.63) is 84.0 Å². The molecule has 2 aromatic carbocycles. The molecule has 4 aromatic rings. The molecule has 8 heteroatoms. The van der Waals surface area contributed by atoms with Crippen molar-refractivity contribution >= 4 is 34.0 Å². The van der Waals surface area contributed by atoms with Crippen LogP contribution >= 0.6 is 11.3 Å². The summed E-state index contributed by atoms with van der Waals surface area (Å²) in [5.74, 6) is -0.696. The second-order valence-electron chi connectivity index (χ2n) is 6.71. The SMILES string of the molecule is Nc1ccc(C(=O)NCC(=O)Nc2nc(-c3cccc(-c4ccncc4)c3)cs2)cc1. The van der Waals surface area contributed by atoms with Crippen LogP contribution in [0.15, 0.2) is 78.4 Å². The maximum Gasteiger partial charge on any atom is 0.251 e. The molecule has 2 heterocycles. The number of anilines is 2. The number of carbonyl (C=O) groups excluding carboxylic acids is 2. The average Bonchev–Trinajstić information content (AvgIpc) is 3.27. The summed E-state index contributed by atoms with van der Waals surface area (Å²) in [6.07, 6.45) is 3.51. The zero-order valence-electron chi connectivity index (χ0n) is 16.4. The Morgan fingerprint density at radius 3 is 2.45 bits per heavy atom. The van der Waals surface area contributed by atoms with Crippen LogP contribution in [0.1, 0.15) is 10.4 Å². The molecule has 7 nitrogen and oxygen atoms in total. The van der Waals surface area contributed by atoms with Crippen molar-refractivity contribution in [2.24, 2.45) is 0 Å². The summed E-state index contributed by atoms with van der Waals surface area (Å²) in [6, 6.07) is 18.4. The van der Waals surface area contributed by atoms with Crippen molar-refractivity contribution in [1.82, 2.24) is 15.3 Å². The molecule has 0 saturated carbocycles. The quantitative estimate of drug-likeness (QED) is 0.404. The molecule has 0 unspecified atom stereocenters. The normalized spacial score (nSPS) is 10.5. The largest absolute Gasteiger partial charge is 0.399 e. The molecule has 0 radical (unpaired) electrons. The summed E-state index contributed by atoms with van der Waals surface area (Å²) in [5.41, 5.74) is 10.5. The average molecular weight is 430 g/mol. The van der Waals surface area contributed by atoms with Crippen molar-refractivity contribution in [3.8, 4) is 22.4 Å². The van der Waals surface area contributed by atoms with E-state index in [0.29, 0.717) is 16.4 Å². The van der Waals surface area contributed by atoms with Crippen LogP contribution in [0, 0.1) is 0 Å². The van der Waals surface area contributed by atoms with Crippen molar-refractivity contribution in [2.45, 2.75) is 0 Å². The fraction of sp³-hybridized carbons (Fsp3) is 0.0435. The molecule has 0 atom stereocenters. The van der Waals surface area contributed by atoms with Gasteiger partial charge in [0.15, 0.2) is 5.13 Å². The lowest BCUT2D eigenvalue weighted by Crippen LogP contribution is -2.32. The standard InChI is InChI=1S/C23H19N5O2S/c24-19-6-4-16(5-7-19)22(30)26-13-21(29)28-23-27-20(14-31-23)18-3-1-2-17(12-18)15-8-10-25-11-9-15/h1-12,14H,13,24H2,(H,26,30)(H,27,28,29). The van der Waals surface area contributed by atoms with Gasteiger partial charge in [-0.2, -0.15) is 0 Å². The molecular weight excluding hydrogens is 410 g/mol. The minimum absolute atomic E-state index is 0.157. The zero-order chi connectivity index (χ0) is 21.6. The smallest absolute Gasteiger partial charge is 0.251 e. The van der Waals surface area contributed by atoms with E-state index < -0.39 is 0 Å². The highest BCUT2D eigenvalue weighted by molar-refractivity contribution is 7.14. The van der Waals surface area contributed by atoms with Crippen molar-refractivity contribution < 1.29 is 9.59 Å². The van der Waals surface area contributed by atoms with E-state index in [1.807, 2.05) is 41.8 Å². The molecule has 2 amide bonds. The summed E-state index contributed by atoms with van der Waals surface area (Å²) in [5, 5.41) is 7.65. The number of hydrogen-bond donors (Lipinski definition) is 3. The van der Waals surface area contributed by atoms with Crippen LogP contribution in [0.2, 0.25) is 0 Å². The number of hydrogen-bond acceptors (Lipinski definition) is 6. The fourth-order valence-electron chi connectivity index (χ4n) is 2.93. The van der Waals surface area contributed by atoms with Crippen LogP contribution in [0.3, 0.4) is 0 Å². The topological polar surface area (TPSA) is 110 Å². The van der Waals surface area contributed by atoms with Crippen molar-refractivity contribution in [2.75, 3.05) is 17.6 Å². The first-order valence-electron chi connectivity index (χ1n) is 9.48. The van der Waals surface area contributed by atoms with Crippen molar-refractivity contribution in [3.63, 3.8) is 0 Å². The lowest BCUT2D eigenvalue weighted by atomic mass is 10.0. The minimum Gasteiger partial charge on any atom is -0.399 e. The Morgan fingerprint density at radius 2 is 1.68 bits per heavy atom. The lowest BCUT2D eigenvalue weighted by Gasteiger charge is -2.05. The molecule has 0 aliphatic carbocycles. The maximum absolute atomic E-state index is 12.2. The number of nitrogens with zero attached hydrogens (tertiary/aromatic N) is 2. The number of amides is 2. The number of nitrogens with one attached hydrogen (secondary N) is 2. The molecule has 4 N–H and O–H groups in total. The highest BCUT2D eigenvalue weighted by atomic mass is 32.1. The van der Waals surface area contributed by atoms with Gasteiger partial charge in [0, 0.05) is 34.6 Å². The van der Waals surface area contributed by atoms with E-state index in [2.05, 4.69) is 20.6 Å². The molecule has 0 bridgehead atoms. The van der Waals surface area contributed by atoms with Gasteiger partial charge >= 0.3 is 0 Å². The fourth-order valence-corrected chi connectivity index (χ4v) is 3.66. The van der Waals surface area contributed by atoms with Crippen LogP contribution in [0.5, 0.6) is 0 Å². The Morgan fingerprint density at radius 1 is 0.935 bits per heavy atom. The van der Waals surface area contributed by atoms with E-state index in [9.17, 15) is 9.59 Å². The second kappa shape index (κ2) is 9.19. The van der Waals surface area contributed by atoms with Gasteiger partial charge in [-0.1, -0.05) is 18.2 Å². The number of carbonyl (C=O) groups is 2. The number of benzene rings is 2. The number of nitrogen functional groups attached to an aromatic ring is 1. The van der Waals surface area contributed by atoms with E-state index in [1.165, 1.54) is 11.3 Å².